The maximum atomic E-state index is 15.9. The number of halogens is 1. The first-order valence-electron chi connectivity index (χ1n) is 10.4. The van der Waals surface area contributed by atoms with Gasteiger partial charge in [0.2, 0.25) is 0 Å². The molecule has 2 aromatic heterocycles. The van der Waals surface area contributed by atoms with Crippen LogP contribution in [0.4, 0.5) is 10.2 Å². The van der Waals surface area contributed by atoms with E-state index in [0.717, 1.165) is 11.5 Å². The van der Waals surface area contributed by atoms with Gasteiger partial charge in [0.05, 0.1) is 12.9 Å². The Morgan fingerprint density at radius 1 is 1.31 bits per heavy atom. The van der Waals surface area contributed by atoms with Crippen LogP contribution < -0.4 is 5.73 Å². The van der Waals surface area contributed by atoms with Crippen molar-refractivity contribution < 1.29 is 18.1 Å². The Hall–Kier alpha value is -0.273. The average molecular weight is 538 g/mol. The molecule has 0 saturated carbocycles. The molecule has 178 valence electrons. The second-order valence-corrected chi connectivity index (χ2v) is 24.9. The molecule has 0 spiro atoms. The molecule has 0 bridgehead atoms. The zero-order valence-electron chi connectivity index (χ0n) is 18.7. The van der Waals surface area contributed by atoms with Crippen molar-refractivity contribution >= 4 is 64.5 Å². The molecule has 0 amide bonds. The lowest BCUT2D eigenvalue weighted by atomic mass is 10.1. The molecule has 4 heterocycles. The summed E-state index contributed by atoms with van der Waals surface area (Å²) in [6, 6.07) is 0. The molecule has 2 aliphatic rings. The van der Waals surface area contributed by atoms with E-state index in [-0.39, 0.29) is 17.5 Å². The van der Waals surface area contributed by atoms with E-state index in [2.05, 4.69) is 48.8 Å². The second kappa shape index (κ2) is 9.07. The first kappa shape index (κ1) is 24.8. The monoisotopic (exact) mass is 537 g/mol. The third-order valence-corrected chi connectivity index (χ3v) is 20.4. The van der Waals surface area contributed by atoms with E-state index in [1.807, 2.05) is 0 Å². The number of nitrogen functional groups attached to an aromatic ring is 1. The molecule has 2 fully saturated rings. The summed E-state index contributed by atoms with van der Waals surface area (Å²) >= 11 is 9.01. The Kier molecular flexibility index (Phi) is 7.04. The van der Waals surface area contributed by atoms with Gasteiger partial charge < -0.3 is 19.4 Å². The number of rotatable bonds is 6. The topological polar surface area (TPSA) is 97.3 Å². The van der Waals surface area contributed by atoms with Gasteiger partial charge in [-0.2, -0.15) is 0 Å². The fraction of sp³-hybridized carbons (Fsp3) is 0.722. The molecule has 0 radical (unpaired) electrons. The Morgan fingerprint density at radius 3 is 2.66 bits per heavy atom. The van der Waals surface area contributed by atoms with Crippen molar-refractivity contribution in [1.29, 1.82) is 0 Å². The van der Waals surface area contributed by atoms with Crippen molar-refractivity contribution in [3.8, 4) is 0 Å². The smallest absolute Gasteiger partial charge is 0.192 e. The Morgan fingerprint density at radius 2 is 2.00 bits per heavy atom. The van der Waals surface area contributed by atoms with Gasteiger partial charge in [0.15, 0.2) is 36.9 Å². The zero-order valence-corrected chi connectivity index (χ0v) is 23.1. The number of hydrogen-bond acceptors (Lipinski definition) is 10. The maximum Gasteiger partial charge on any atom is 0.192 e. The molecule has 4 rings (SSSR count). The molecular weight excluding hydrogens is 508 g/mol. The van der Waals surface area contributed by atoms with Crippen molar-refractivity contribution in [2.75, 3.05) is 23.8 Å². The van der Waals surface area contributed by atoms with E-state index in [4.69, 9.17) is 31.2 Å². The van der Waals surface area contributed by atoms with Gasteiger partial charge in [0.25, 0.3) is 0 Å². The van der Waals surface area contributed by atoms with Crippen LogP contribution in [0.1, 0.15) is 27.0 Å². The first-order chi connectivity index (χ1) is 14.9. The fourth-order valence-corrected chi connectivity index (χ4v) is 13.6. The zero-order chi connectivity index (χ0) is 23.3. The number of fused-ring (bicyclic) bond motifs is 1. The summed E-state index contributed by atoms with van der Waals surface area (Å²) < 4.78 is 34.1. The van der Waals surface area contributed by atoms with Gasteiger partial charge in [0.1, 0.15) is 24.1 Å². The van der Waals surface area contributed by atoms with Crippen LogP contribution in [0.5, 0.6) is 0 Å². The number of aromatic nitrogens is 4. The summed E-state index contributed by atoms with van der Waals surface area (Å²) in [6.07, 6.45) is -1.03. The predicted molar refractivity (Wildman–Crippen MR) is 136 cm³/mol. The molecule has 14 heteroatoms. The number of hydrogen-bond donors (Lipinski definition) is 1. The minimum absolute atomic E-state index is 0.0227. The molecule has 32 heavy (non-hydrogen) atoms. The summed E-state index contributed by atoms with van der Waals surface area (Å²) in [6.45, 7) is 11.1. The van der Waals surface area contributed by atoms with E-state index < -0.39 is 37.6 Å². The Labute approximate surface area is 201 Å². The van der Waals surface area contributed by atoms with Gasteiger partial charge in [0, 0.05) is 11.5 Å². The number of imidazole rings is 1. The van der Waals surface area contributed by atoms with Gasteiger partial charge in [-0.05, 0) is 29.9 Å². The molecule has 0 aliphatic carbocycles. The highest BCUT2D eigenvalue weighted by Crippen LogP contribution is 2.75. The maximum absolute atomic E-state index is 15.9. The van der Waals surface area contributed by atoms with Crippen LogP contribution in [-0.4, -0.2) is 64.3 Å². The van der Waals surface area contributed by atoms with Crippen molar-refractivity contribution in [3.05, 3.63) is 12.7 Å². The second-order valence-electron chi connectivity index (χ2n) is 9.35. The average Bonchev–Trinajstić information content (AvgIpc) is 3.39. The van der Waals surface area contributed by atoms with Crippen LogP contribution in [0.15, 0.2) is 12.7 Å². The van der Waals surface area contributed by atoms with E-state index in [1.54, 1.807) is 27.3 Å². The van der Waals surface area contributed by atoms with Gasteiger partial charge in [-0.25, -0.2) is 19.3 Å². The standard InChI is InChI=1S/C18H29FN5O3PS3Si/c1-18(2,3)32(4,5)25-8-11-14(27-28(29)30-6-7-31-28)12(19)17(26-11)24-10-23-13-15(20)21-9-22-16(13)24/h9-12,14,17H,6-8H2,1-5H3,(H2,20,21,22)/t11?,12-,14-,17-/m1/s1. The quantitative estimate of drug-likeness (QED) is 0.410. The van der Waals surface area contributed by atoms with E-state index in [0.29, 0.717) is 11.2 Å². The summed E-state index contributed by atoms with van der Waals surface area (Å²) in [5.74, 6) is 2.08. The third-order valence-electron chi connectivity index (χ3n) is 6.18. The highest BCUT2D eigenvalue weighted by atomic mass is 33.2. The fourth-order valence-electron chi connectivity index (χ4n) is 3.29. The normalized spacial score (nSPS) is 28.6. The van der Waals surface area contributed by atoms with E-state index in [1.165, 1.54) is 12.7 Å². The van der Waals surface area contributed by atoms with Crippen LogP contribution in [0.2, 0.25) is 18.1 Å². The van der Waals surface area contributed by atoms with Crippen molar-refractivity contribution in [2.45, 2.75) is 63.5 Å². The van der Waals surface area contributed by atoms with Gasteiger partial charge in [-0.3, -0.25) is 4.57 Å². The summed E-state index contributed by atoms with van der Waals surface area (Å²) in [4.78, 5) is 12.5. The number of nitrogens with two attached hydrogens (primary N) is 1. The van der Waals surface area contributed by atoms with Crippen LogP contribution >= 0.6 is 27.4 Å². The molecule has 8 nitrogen and oxygen atoms in total. The molecule has 1 unspecified atom stereocenters. The van der Waals surface area contributed by atoms with Gasteiger partial charge >= 0.3 is 0 Å². The molecule has 2 aliphatic heterocycles. The number of nitrogens with zero attached hydrogens (tertiary/aromatic N) is 4. The lowest BCUT2D eigenvalue weighted by molar-refractivity contribution is -0.0401. The Bertz CT molecular complexity index is 1030. The Balaban J connectivity index is 1.62. The molecule has 4 atom stereocenters. The van der Waals surface area contributed by atoms with Crippen molar-refractivity contribution in [3.63, 3.8) is 0 Å². The van der Waals surface area contributed by atoms with Crippen LogP contribution in [-0.2, 0) is 25.5 Å². The number of anilines is 1. The largest absolute Gasteiger partial charge is 0.414 e. The number of ether oxygens (including phenoxy) is 1. The van der Waals surface area contributed by atoms with Crippen LogP contribution in [0, 0.1) is 0 Å². The molecule has 2 aromatic rings. The lowest BCUT2D eigenvalue weighted by Gasteiger charge is -2.37. The highest BCUT2D eigenvalue weighted by Gasteiger charge is 2.51. The molecular formula is C18H29FN5O3PS3Si. The highest BCUT2D eigenvalue weighted by molar-refractivity contribution is 9.00. The minimum Gasteiger partial charge on any atom is -0.414 e. The third kappa shape index (κ3) is 4.77. The van der Waals surface area contributed by atoms with Gasteiger partial charge in [-0.1, -0.05) is 43.5 Å². The number of alkyl halides is 1. The molecule has 2 saturated heterocycles. The molecule has 2 N–H and O–H groups in total. The van der Waals surface area contributed by atoms with Crippen LogP contribution in [0.25, 0.3) is 11.2 Å². The van der Waals surface area contributed by atoms with Gasteiger partial charge in [-0.15, -0.1) is 0 Å². The van der Waals surface area contributed by atoms with Crippen molar-refractivity contribution in [1.82, 2.24) is 19.5 Å². The predicted octanol–water partition coefficient (Wildman–Crippen LogP) is 4.76. The summed E-state index contributed by atoms with van der Waals surface area (Å²) in [7, 11) is -2.07. The van der Waals surface area contributed by atoms with E-state index >= 15 is 4.39 Å². The summed E-state index contributed by atoms with van der Waals surface area (Å²) in [5.41, 5.74) is 6.74. The minimum atomic E-state index is -2.22. The SMILES string of the molecule is CC(C)(C)[Si](C)(C)OCC1O[C@@H](n2cnc3c(N)ncnc32)[C@H](F)[C@@H]1OP1(=S)SCCS1. The lowest BCUT2D eigenvalue weighted by Crippen LogP contribution is -2.44. The first-order valence-corrected chi connectivity index (χ1v) is 19.2. The van der Waals surface area contributed by atoms with Crippen molar-refractivity contribution in [2.24, 2.45) is 0 Å². The molecule has 0 aromatic carbocycles. The van der Waals surface area contributed by atoms with E-state index in [9.17, 15) is 0 Å². The summed E-state index contributed by atoms with van der Waals surface area (Å²) in [5, 5.41) is 0.0227. The van der Waals surface area contributed by atoms with Crippen LogP contribution in [0.3, 0.4) is 0 Å².